The van der Waals surface area contributed by atoms with Crippen LogP contribution in [-0.2, 0) is 16.1 Å². The van der Waals surface area contributed by atoms with Gasteiger partial charge in [-0.3, -0.25) is 14.9 Å². The first-order valence-electron chi connectivity index (χ1n) is 7.39. The SMILES string of the molecule is COCc1nnc(NC(=O)/C=C/c2coc3ccc(C)cc3c2=O)s1. The minimum Gasteiger partial charge on any atom is -0.463 e. The van der Waals surface area contributed by atoms with E-state index in [0.717, 1.165) is 5.56 Å². The van der Waals surface area contributed by atoms with Gasteiger partial charge >= 0.3 is 0 Å². The highest BCUT2D eigenvalue weighted by atomic mass is 32.1. The fourth-order valence-corrected chi connectivity index (χ4v) is 2.89. The highest BCUT2D eigenvalue weighted by Gasteiger charge is 2.08. The minimum absolute atomic E-state index is 0.188. The van der Waals surface area contributed by atoms with E-state index in [1.807, 2.05) is 13.0 Å². The summed E-state index contributed by atoms with van der Waals surface area (Å²) < 4.78 is 10.4. The number of hydrogen-bond donors (Lipinski definition) is 1. The van der Waals surface area contributed by atoms with E-state index >= 15 is 0 Å². The van der Waals surface area contributed by atoms with Crippen LogP contribution in [0, 0.1) is 6.92 Å². The van der Waals surface area contributed by atoms with Crippen LogP contribution in [0.1, 0.15) is 16.1 Å². The standard InChI is InChI=1S/C17H15N3O4S/c1-10-3-5-13-12(7-10)16(22)11(8-24-13)4-6-14(21)18-17-20-19-15(25-17)9-23-2/h3-8H,9H2,1-2H3,(H,18,20,21)/b6-4+. The molecule has 2 aromatic heterocycles. The fraction of sp³-hybridized carbons (Fsp3) is 0.176. The lowest BCUT2D eigenvalue weighted by Crippen LogP contribution is -2.09. The van der Waals surface area contributed by atoms with E-state index in [9.17, 15) is 9.59 Å². The van der Waals surface area contributed by atoms with Gasteiger partial charge in [0.2, 0.25) is 11.0 Å². The average molecular weight is 357 g/mol. The van der Waals surface area contributed by atoms with Crippen molar-refractivity contribution in [1.82, 2.24) is 10.2 Å². The van der Waals surface area contributed by atoms with Crippen LogP contribution >= 0.6 is 11.3 Å². The number of ether oxygens (including phenoxy) is 1. The van der Waals surface area contributed by atoms with E-state index in [2.05, 4.69) is 15.5 Å². The molecule has 3 rings (SSSR count). The number of nitrogens with one attached hydrogen (secondary N) is 1. The number of carbonyl (C=O) groups is 1. The Morgan fingerprint density at radius 1 is 1.40 bits per heavy atom. The third-order valence-corrected chi connectivity index (χ3v) is 4.15. The summed E-state index contributed by atoms with van der Waals surface area (Å²) in [6.07, 6.45) is 4.01. The van der Waals surface area contributed by atoms with Crippen molar-refractivity contribution >= 4 is 39.4 Å². The molecule has 0 aliphatic carbocycles. The second kappa shape index (κ2) is 7.37. The Balaban J connectivity index is 1.76. The summed E-state index contributed by atoms with van der Waals surface area (Å²) in [5.74, 6) is -0.413. The van der Waals surface area contributed by atoms with Crippen molar-refractivity contribution in [2.75, 3.05) is 12.4 Å². The molecule has 0 unspecified atom stereocenters. The van der Waals surface area contributed by atoms with Gasteiger partial charge in [0.1, 0.15) is 23.5 Å². The topological polar surface area (TPSA) is 94.3 Å². The molecule has 0 radical (unpaired) electrons. The summed E-state index contributed by atoms with van der Waals surface area (Å²) in [6, 6.07) is 5.38. The van der Waals surface area contributed by atoms with Crippen LogP contribution < -0.4 is 10.7 Å². The molecule has 0 bridgehead atoms. The highest BCUT2D eigenvalue weighted by molar-refractivity contribution is 7.15. The molecule has 0 fully saturated rings. The molecule has 0 saturated heterocycles. The molecule has 1 amide bonds. The molecule has 2 heterocycles. The van der Waals surface area contributed by atoms with Crippen molar-refractivity contribution in [2.24, 2.45) is 0 Å². The zero-order valence-corrected chi connectivity index (χ0v) is 14.4. The van der Waals surface area contributed by atoms with Gasteiger partial charge in [0, 0.05) is 13.2 Å². The molecule has 8 heteroatoms. The van der Waals surface area contributed by atoms with Gasteiger partial charge in [-0.15, -0.1) is 10.2 Å². The van der Waals surface area contributed by atoms with Crippen LogP contribution in [0.4, 0.5) is 5.13 Å². The van der Waals surface area contributed by atoms with E-state index in [1.54, 1.807) is 19.2 Å². The average Bonchev–Trinajstić information content (AvgIpc) is 3.02. The predicted octanol–water partition coefficient (Wildman–Crippen LogP) is 2.75. The first-order chi connectivity index (χ1) is 12.1. The molecular weight excluding hydrogens is 342 g/mol. The summed E-state index contributed by atoms with van der Waals surface area (Å²) >= 11 is 1.22. The van der Waals surface area contributed by atoms with Crippen molar-refractivity contribution in [3.63, 3.8) is 0 Å². The zero-order valence-electron chi connectivity index (χ0n) is 13.6. The maximum absolute atomic E-state index is 12.4. The number of benzene rings is 1. The van der Waals surface area contributed by atoms with E-state index in [1.165, 1.54) is 29.8 Å². The molecule has 25 heavy (non-hydrogen) atoms. The Hall–Kier alpha value is -2.84. The van der Waals surface area contributed by atoms with Gasteiger partial charge in [-0.25, -0.2) is 0 Å². The number of aryl methyl sites for hydroxylation is 1. The van der Waals surface area contributed by atoms with Crippen LogP contribution in [0.25, 0.3) is 17.0 Å². The molecule has 1 N–H and O–H groups in total. The van der Waals surface area contributed by atoms with E-state index in [4.69, 9.17) is 9.15 Å². The van der Waals surface area contributed by atoms with Gasteiger partial charge in [-0.2, -0.15) is 0 Å². The maximum Gasteiger partial charge on any atom is 0.250 e. The third kappa shape index (κ3) is 3.98. The normalized spacial score (nSPS) is 11.3. The van der Waals surface area contributed by atoms with E-state index in [-0.39, 0.29) is 5.43 Å². The number of fused-ring (bicyclic) bond motifs is 1. The lowest BCUT2D eigenvalue weighted by Gasteiger charge is -2.00. The highest BCUT2D eigenvalue weighted by Crippen LogP contribution is 2.16. The van der Waals surface area contributed by atoms with Crippen LogP contribution in [0.2, 0.25) is 0 Å². The Morgan fingerprint density at radius 3 is 3.04 bits per heavy atom. The number of amides is 1. The van der Waals surface area contributed by atoms with Gasteiger partial charge in [-0.1, -0.05) is 23.0 Å². The number of hydrogen-bond acceptors (Lipinski definition) is 7. The molecule has 0 spiro atoms. The van der Waals surface area contributed by atoms with Gasteiger partial charge in [0.25, 0.3) is 0 Å². The summed E-state index contributed by atoms with van der Waals surface area (Å²) in [5.41, 5.74) is 1.58. The lowest BCUT2D eigenvalue weighted by molar-refractivity contribution is -0.111. The molecule has 7 nitrogen and oxygen atoms in total. The van der Waals surface area contributed by atoms with Crippen molar-refractivity contribution in [1.29, 1.82) is 0 Å². The first-order valence-corrected chi connectivity index (χ1v) is 8.21. The van der Waals surface area contributed by atoms with Crippen LogP contribution in [-0.4, -0.2) is 23.2 Å². The number of anilines is 1. The molecule has 0 saturated carbocycles. The van der Waals surface area contributed by atoms with Gasteiger partial charge in [-0.05, 0) is 25.1 Å². The van der Waals surface area contributed by atoms with Gasteiger partial charge in [0.15, 0.2) is 5.43 Å². The molecule has 0 atom stereocenters. The van der Waals surface area contributed by atoms with Crippen molar-refractivity contribution in [3.8, 4) is 0 Å². The maximum atomic E-state index is 12.4. The second-order valence-electron chi connectivity index (χ2n) is 5.28. The molecule has 0 aliphatic rings. The van der Waals surface area contributed by atoms with Gasteiger partial charge < -0.3 is 9.15 Å². The summed E-state index contributed by atoms with van der Waals surface area (Å²) in [5, 5.41) is 11.8. The first kappa shape index (κ1) is 17.0. The zero-order chi connectivity index (χ0) is 17.8. The molecule has 1 aromatic carbocycles. The molecule has 128 valence electrons. The van der Waals surface area contributed by atoms with E-state index < -0.39 is 5.91 Å². The van der Waals surface area contributed by atoms with Gasteiger partial charge in [0.05, 0.1) is 10.9 Å². The summed E-state index contributed by atoms with van der Waals surface area (Å²) in [6.45, 7) is 2.23. The molecule has 0 aliphatic heterocycles. The number of aromatic nitrogens is 2. The Kier molecular flexibility index (Phi) is 5.01. The Bertz CT molecular complexity index is 1010. The van der Waals surface area contributed by atoms with Crippen molar-refractivity contribution in [2.45, 2.75) is 13.5 Å². The predicted molar refractivity (Wildman–Crippen MR) is 95.5 cm³/mol. The number of nitrogens with zero attached hydrogens (tertiary/aromatic N) is 2. The number of rotatable bonds is 5. The fourth-order valence-electron chi connectivity index (χ4n) is 2.17. The van der Waals surface area contributed by atoms with Crippen LogP contribution in [0.5, 0.6) is 0 Å². The summed E-state index contributed by atoms with van der Waals surface area (Å²) in [4.78, 5) is 24.4. The Morgan fingerprint density at radius 2 is 2.24 bits per heavy atom. The summed E-state index contributed by atoms with van der Waals surface area (Å²) in [7, 11) is 1.55. The quantitative estimate of drug-likeness (QED) is 0.706. The second-order valence-corrected chi connectivity index (χ2v) is 6.34. The van der Waals surface area contributed by atoms with Crippen LogP contribution in [0.15, 0.2) is 39.7 Å². The van der Waals surface area contributed by atoms with Crippen molar-refractivity contribution in [3.05, 3.63) is 56.9 Å². The minimum atomic E-state index is -0.413. The van der Waals surface area contributed by atoms with Crippen molar-refractivity contribution < 1.29 is 13.9 Å². The number of methoxy groups -OCH3 is 1. The smallest absolute Gasteiger partial charge is 0.250 e. The number of carbonyl (C=O) groups excluding carboxylic acids is 1. The lowest BCUT2D eigenvalue weighted by atomic mass is 10.1. The third-order valence-electron chi connectivity index (χ3n) is 3.33. The molecule has 3 aromatic rings. The Labute approximate surface area is 147 Å². The monoisotopic (exact) mass is 357 g/mol. The van der Waals surface area contributed by atoms with Crippen LogP contribution in [0.3, 0.4) is 0 Å². The van der Waals surface area contributed by atoms with E-state index in [0.29, 0.717) is 33.3 Å². The molecular formula is C17H15N3O4S. The largest absolute Gasteiger partial charge is 0.463 e.